The molecule has 0 bridgehead atoms. The Bertz CT molecular complexity index is 742. The first-order valence-corrected chi connectivity index (χ1v) is 7.18. The Morgan fingerprint density at radius 1 is 1.23 bits per heavy atom. The molecule has 0 atom stereocenters. The molecule has 0 aliphatic heterocycles. The molecule has 22 heavy (non-hydrogen) atoms. The number of rotatable bonds is 3. The van der Waals surface area contributed by atoms with Crippen LogP contribution in [0.15, 0.2) is 53.5 Å². The zero-order valence-electron chi connectivity index (χ0n) is 12.2. The number of nitriles is 1. The molecule has 0 aliphatic rings. The highest BCUT2D eigenvalue weighted by atomic mass is 32.1. The fraction of sp³-hybridized carbons (Fsp3) is 0.118. The molecule has 5 heteroatoms. The normalized spacial score (nSPS) is 10.8. The van der Waals surface area contributed by atoms with Crippen LogP contribution >= 0.6 is 12.2 Å². The zero-order chi connectivity index (χ0) is 15.9. The van der Waals surface area contributed by atoms with Gasteiger partial charge in [-0.1, -0.05) is 24.3 Å². The minimum absolute atomic E-state index is 0.302. The van der Waals surface area contributed by atoms with Crippen LogP contribution in [0, 0.1) is 18.3 Å². The monoisotopic (exact) mass is 308 g/mol. The number of thiocarbonyl (C=S) groups is 1. The van der Waals surface area contributed by atoms with Gasteiger partial charge in [-0.2, -0.15) is 5.26 Å². The van der Waals surface area contributed by atoms with Crippen LogP contribution in [0.1, 0.15) is 16.7 Å². The van der Waals surface area contributed by atoms with Gasteiger partial charge in [0.1, 0.15) is 5.84 Å². The van der Waals surface area contributed by atoms with Crippen molar-refractivity contribution in [2.75, 3.05) is 5.32 Å². The van der Waals surface area contributed by atoms with E-state index in [1.807, 2.05) is 31.2 Å². The Balaban J connectivity index is 2.00. The van der Waals surface area contributed by atoms with Gasteiger partial charge in [-0.3, -0.25) is 0 Å². The molecular weight excluding hydrogens is 292 g/mol. The summed E-state index contributed by atoms with van der Waals surface area (Å²) < 4.78 is 0. The van der Waals surface area contributed by atoms with Gasteiger partial charge in [-0.25, -0.2) is 4.99 Å². The largest absolute Gasteiger partial charge is 0.387 e. The third kappa shape index (κ3) is 4.40. The molecule has 0 saturated carbocycles. The lowest BCUT2D eigenvalue weighted by molar-refractivity contribution is 1.23. The number of nitrogens with one attached hydrogen (secondary N) is 1. The molecule has 0 fully saturated rings. The topological polar surface area (TPSA) is 74.2 Å². The predicted molar refractivity (Wildman–Crippen MR) is 93.9 cm³/mol. The summed E-state index contributed by atoms with van der Waals surface area (Å²) >= 11 is 5.18. The smallest absolute Gasteiger partial charge is 0.198 e. The van der Waals surface area contributed by atoms with Gasteiger partial charge >= 0.3 is 0 Å². The Hall–Kier alpha value is -2.71. The molecule has 0 amide bonds. The molecule has 0 saturated heterocycles. The number of aliphatic imine (C=N–C) groups is 1. The third-order valence-corrected chi connectivity index (χ3v) is 3.34. The van der Waals surface area contributed by atoms with Gasteiger partial charge in [0, 0.05) is 12.1 Å². The molecule has 0 unspecified atom stereocenters. The molecule has 0 aromatic heterocycles. The SMILES string of the molecule is Cc1ccccc1CC(N)=NC(=S)Nc1ccc(C#N)cc1. The summed E-state index contributed by atoms with van der Waals surface area (Å²) in [6.45, 7) is 2.04. The number of nitrogens with zero attached hydrogens (tertiary/aromatic N) is 2. The Morgan fingerprint density at radius 3 is 2.55 bits per heavy atom. The second-order valence-corrected chi connectivity index (χ2v) is 5.21. The zero-order valence-corrected chi connectivity index (χ0v) is 13.0. The second-order valence-electron chi connectivity index (χ2n) is 4.83. The number of amidine groups is 1. The first-order valence-electron chi connectivity index (χ1n) is 6.77. The Kier molecular flexibility index (Phi) is 5.23. The maximum absolute atomic E-state index is 8.76. The summed E-state index contributed by atoms with van der Waals surface area (Å²) in [4.78, 5) is 4.20. The molecule has 2 rings (SSSR count). The molecule has 0 spiro atoms. The molecular formula is C17H16N4S. The number of anilines is 1. The summed E-state index contributed by atoms with van der Waals surface area (Å²) in [7, 11) is 0. The van der Waals surface area contributed by atoms with Gasteiger partial charge in [0.25, 0.3) is 0 Å². The van der Waals surface area contributed by atoms with Crippen LogP contribution in [-0.4, -0.2) is 10.9 Å². The Labute approximate surface area is 135 Å². The average Bonchev–Trinajstić information content (AvgIpc) is 2.50. The summed E-state index contributed by atoms with van der Waals surface area (Å²) in [5.41, 5.74) is 9.63. The summed E-state index contributed by atoms with van der Waals surface area (Å²) in [6, 6.07) is 17.1. The third-order valence-electron chi connectivity index (χ3n) is 3.14. The molecule has 0 aliphatic carbocycles. The highest BCUT2D eigenvalue weighted by Gasteiger charge is 2.02. The standard InChI is InChI=1S/C17H16N4S/c1-12-4-2-3-5-14(12)10-16(19)21-17(22)20-15-8-6-13(11-18)7-9-15/h2-9H,10H2,1H3,(H3,19,20,21,22). The molecule has 0 radical (unpaired) electrons. The summed E-state index contributed by atoms with van der Waals surface area (Å²) in [5.74, 6) is 0.459. The van der Waals surface area contributed by atoms with Crippen molar-refractivity contribution in [2.45, 2.75) is 13.3 Å². The number of benzene rings is 2. The highest BCUT2D eigenvalue weighted by molar-refractivity contribution is 7.80. The molecule has 2 aromatic carbocycles. The molecule has 2 aromatic rings. The van der Waals surface area contributed by atoms with E-state index in [1.165, 1.54) is 5.56 Å². The predicted octanol–water partition coefficient (Wildman–Crippen LogP) is 3.16. The maximum Gasteiger partial charge on any atom is 0.198 e. The van der Waals surface area contributed by atoms with Gasteiger partial charge in [0.2, 0.25) is 0 Å². The molecule has 4 nitrogen and oxygen atoms in total. The van der Waals surface area contributed by atoms with Crippen LogP contribution in [0.4, 0.5) is 5.69 Å². The van der Waals surface area contributed by atoms with Gasteiger partial charge in [0.05, 0.1) is 11.6 Å². The van der Waals surface area contributed by atoms with Crippen molar-refractivity contribution in [2.24, 2.45) is 10.7 Å². The van der Waals surface area contributed by atoms with Crippen LogP contribution in [0.5, 0.6) is 0 Å². The van der Waals surface area contributed by atoms with E-state index in [0.717, 1.165) is 11.3 Å². The van der Waals surface area contributed by atoms with Crippen molar-refractivity contribution < 1.29 is 0 Å². The van der Waals surface area contributed by atoms with E-state index >= 15 is 0 Å². The lowest BCUT2D eigenvalue weighted by Crippen LogP contribution is -2.19. The van der Waals surface area contributed by atoms with E-state index in [4.69, 9.17) is 23.2 Å². The number of hydrogen-bond donors (Lipinski definition) is 2. The van der Waals surface area contributed by atoms with E-state index in [9.17, 15) is 0 Å². The van der Waals surface area contributed by atoms with Crippen molar-refractivity contribution in [1.82, 2.24) is 0 Å². The van der Waals surface area contributed by atoms with E-state index in [2.05, 4.69) is 16.4 Å². The fourth-order valence-electron chi connectivity index (χ4n) is 1.95. The maximum atomic E-state index is 8.76. The van der Waals surface area contributed by atoms with Gasteiger partial charge < -0.3 is 11.1 Å². The number of nitrogens with two attached hydrogens (primary N) is 1. The van der Waals surface area contributed by atoms with E-state index in [-0.39, 0.29) is 0 Å². The summed E-state index contributed by atoms with van der Waals surface area (Å²) in [5, 5.41) is 12.0. The molecule has 110 valence electrons. The van der Waals surface area contributed by atoms with Crippen LogP contribution < -0.4 is 11.1 Å². The summed E-state index contributed by atoms with van der Waals surface area (Å²) in [6.07, 6.45) is 0.557. The first kappa shape index (κ1) is 15.7. The van der Waals surface area contributed by atoms with Crippen LogP contribution in [0.25, 0.3) is 0 Å². The number of hydrogen-bond acceptors (Lipinski definition) is 2. The van der Waals surface area contributed by atoms with Gasteiger partial charge in [0.15, 0.2) is 5.11 Å². The lowest BCUT2D eigenvalue weighted by Gasteiger charge is -2.07. The molecule has 3 N–H and O–H groups in total. The van der Waals surface area contributed by atoms with Crippen molar-refractivity contribution in [3.05, 3.63) is 65.2 Å². The van der Waals surface area contributed by atoms with E-state index in [0.29, 0.717) is 22.9 Å². The first-order chi connectivity index (χ1) is 10.6. The van der Waals surface area contributed by atoms with E-state index < -0.39 is 0 Å². The highest BCUT2D eigenvalue weighted by Crippen LogP contribution is 2.10. The van der Waals surface area contributed by atoms with Crippen molar-refractivity contribution >= 4 is 28.9 Å². The van der Waals surface area contributed by atoms with Crippen LogP contribution in [0.3, 0.4) is 0 Å². The van der Waals surface area contributed by atoms with Crippen molar-refractivity contribution in [1.29, 1.82) is 5.26 Å². The second kappa shape index (κ2) is 7.34. The average molecular weight is 308 g/mol. The lowest BCUT2D eigenvalue weighted by atomic mass is 10.1. The van der Waals surface area contributed by atoms with E-state index in [1.54, 1.807) is 24.3 Å². The van der Waals surface area contributed by atoms with Crippen molar-refractivity contribution in [3.63, 3.8) is 0 Å². The van der Waals surface area contributed by atoms with Crippen LogP contribution in [-0.2, 0) is 6.42 Å². The number of aryl methyl sites for hydroxylation is 1. The van der Waals surface area contributed by atoms with Gasteiger partial charge in [-0.15, -0.1) is 0 Å². The Morgan fingerprint density at radius 2 is 1.91 bits per heavy atom. The minimum atomic E-state index is 0.302. The quantitative estimate of drug-likeness (QED) is 0.519. The molecule has 0 heterocycles. The minimum Gasteiger partial charge on any atom is -0.387 e. The fourth-order valence-corrected chi connectivity index (χ4v) is 2.19. The van der Waals surface area contributed by atoms with Gasteiger partial charge in [-0.05, 0) is 54.5 Å². The van der Waals surface area contributed by atoms with Crippen molar-refractivity contribution in [3.8, 4) is 6.07 Å². The van der Waals surface area contributed by atoms with Crippen LogP contribution in [0.2, 0.25) is 0 Å².